The maximum atomic E-state index is 12.4. The molecule has 7 nitrogen and oxygen atoms in total. The van der Waals surface area contributed by atoms with Crippen molar-refractivity contribution in [1.29, 1.82) is 0 Å². The zero-order valence-corrected chi connectivity index (χ0v) is 15.4. The van der Waals surface area contributed by atoms with Gasteiger partial charge in [-0.1, -0.05) is 6.07 Å². The standard InChI is InChI=1S/C18H28N4O3/c1-13(2)19-17(23)14(3)21-8-10-22(11-9-21)18(24)20-15-6-5-7-16(12-15)25-4/h5-7,12-14H,8-11H2,1-4H3,(H,19,23)(H,20,24)/t14-/m0/s1. The van der Waals surface area contributed by atoms with Crippen LogP contribution in [0.25, 0.3) is 0 Å². The Kier molecular flexibility index (Phi) is 6.64. The minimum absolute atomic E-state index is 0.0317. The minimum atomic E-state index is -0.189. The molecule has 0 aliphatic carbocycles. The molecule has 1 aliphatic heterocycles. The third kappa shape index (κ3) is 5.35. The summed E-state index contributed by atoms with van der Waals surface area (Å²) in [6.07, 6.45) is 0. The van der Waals surface area contributed by atoms with Gasteiger partial charge in [0.25, 0.3) is 0 Å². The van der Waals surface area contributed by atoms with Gasteiger partial charge in [0.15, 0.2) is 0 Å². The molecule has 1 saturated heterocycles. The second-order valence-electron chi connectivity index (χ2n) is 6.52. The summed E-state index contributed by atoms with van der Waals surface area (Å²) in [5.41, 5.74) is 0.705. The van der Waals surface area contributed by atoms with Crippen molar-refractivity contribution in [3.8, 4) is 5.75 Å². The molecule has 0 aromatic heterocycles. The van der Waals surface area contributed by atoms with E-state index in [1.165, 1.54) is 0 Å². The molecular formula is C18H28N4O3. The molecule has 2 rings (SSSR count). The van der Waals surface area contributed by atoms with E-state index < -0.39 is 0 Å². The van der Waals surface area contributed by atoms with E-state index in [1.807, 2.05) is 39.0 Å². The van der Waals surface area contributed by atoms with Crippen LogP contribution in [-0.2, 0) is 4.79 Å². The Hall–Kier alpha value is -2.28. The Balaban J connectivity index is 1.84. The highest BCUT2D eigenvalue weighted by atomic mass is 16.5. The summed E-state index contributed by atoms with van der Waals surface area (Å²) in [5, 5.41) is 5.82. The van der Waals surface area contributed by atoms with Crippen molar-refractivity contribution in [2.75, 3.05) is 38.6 Å². The van der Waals surface area contributed by atoms with Crippen LogP contribution in [0.3, 0.4) is 0 Å². The minimum Gasteiger partial charge on any atom is -0.497 e. The topological polar surface area (TPSA) is 73.9 Å². The summed E-state index contributed by atoms with van der Waals surface area (Å²) in [5.74, 6) is 0.733. The quantitative estimate of drug-likeness (QED) is 0.850. The second kappa shape index (κ2) is 8.71. The predicted molar refractivity (Wildman–Crippen MR) is 97.9 cm³/mol. The van der Waals surface area contributed by atoms with Gasteiger partial charge in [-0.15, -0.1) is 0 Å². The largest absolute Gasteiger partial charge is 0.497 e. The highest BCUT2D eigenvalue weighted by Crippen LogP contribution is 2.17. The smallest absolute Gasteiger partial charge is 0.321 e. The van der Waals surface area contributed by atoms with Gasteiger partial charge < -0.3 is 20.3 Å². The van der Waals surface area contributed by atoms with Gasteiger partial charge in [-0.05, 0) is 32.9 Å². The number of urea groups is 1. The van der Waals surface area contributed by atoms with Crippen LogP contribution < -0.4 is 15.4 Å². The van der Waals surface area contributed by atoms with Crippen molar-refractivity contribution < 1.29 is 14.3 Å². The zero-order valence-electron chi connectivity index (χ0n) is 15.4. The molecule has 7 heteroatoms. The third-order valence-corrected chi connectivity index (χ3v) is 4.28. The average Bonchev–Trinajstić information content (AvgIpc) is 2.60. The highest BCUT2D eigenvalue weighted by Gasteiger charge is 2.27. The van der Waals surface area contributed by atoms with Gasteiger partial charge in [0.2, 0.25) is 5.91 Å². The molecule has 1 aromatic carbocycles. The zero-order chi connectivity index (χ0) is 18.4. The molecule has 0 radical (unpaired) electrons. The second-order valence-corrected chi connectivity index (χ2v) is 6.52. The number of hydrogen-bond donors (Lipinski definition) is 2. The number of carbonyl (C=O) groups excluding carboxylic acids is 2. The summed E-state index contributed by atoms with van der Waals surface area (Å²) in [4.78, 5) is 28.4. The lowest BCUT2D eigenvalue weighted by molar-refractivity contribution is -0.126. The van der Waals surface area contributed by atoms with Gasteiger partial charge >= 0.3 is 6.03 Å². The molecule has 3 amide bonds. The summed E-state index contributed by atoms with van der Waals surface area (Å²) in [7, 11) is 1.59. The number of methoxy groups -OCH3 is 1. The van der Waals surface area contributed by atoms with E-state index in [1.54, 1.807) is 18.1 Å². The third-order valence-electron chi connectivity index (χ3n) is 4.28. The van der Waals surface area contributed by atoms with E-state index in [0.29, 0.717) is 37.6 Å². The van der Waals surface area contributed by atoms with Gasteiger partial charge in [-0.3, -0.25) is 9.69 Å². The Morgan fingerprint density at radius 2 is 1.80 bits per heavy atom. The number of rotatable bonds is 5. The molecule has 0 spiro atoms. The monoisotopic (exact) mass is 348 g/mol. The average molecular weight is 348 g/mol. The van der Waals surface area contributed by atoms with Crippen LogP contribution in [0.2, 0.25) is 0 Å². The van der Waals surface area contributed by atoms with Crippen LogP contribution in [-0.4, -0.2) is 67.1 Å². The number of nitrogens with one attached hydrogen (secondary N) is 2. The lowest BCUT2D eigenvalue weighted by Crippen LogP contribution is -2.56. The van der Waals surface area contributed by atoms with Crippen molar-refractivity contribution in [3.63, 3.8) is 0 Å². The molecule has 1 atom stereocenters. The Labute approximate surface area is 149 Å². The molecule has 0 saturated carbocycles. The van der Waals surface area contributed by atoms with Crippen molar-refractivity contribution in [2.45, 2.75) is 32.9 Å². The molecule has 138 valence electrons. The van der Waals surface area contributed by atoms with E-state index in [-0.39, 0.29) is 24.0 Å². The summed E-state index contributed by atoms with van der Waals surface area (Å²) in [6.45, 7) is 8.35. The predicted octanol–water partition coefficient (Wildman–Crippen LogP) is 1.76. The van der Waals surface area contributed by atoms with E-state index in [9.17, 15) is 9.59 Å². The van der Waals surface area contributed by atoms with Crippen molar-refractivity contribution in [2.24, 2.45) is 0 Å². The molecule has 25 heavy (non-hydrogen) atoms. The number of hydrogen-bond acceptors (Lipinski definition) is 4. The molecule has 2 N–H and O–H groups in total. The van der Waals surface area contributed by atoms with Crippen LogP contribution in [0.15, 0.2) is 24.3 Å². The fourth-order valence-corrected chi connectivity index (χ4v) is 2.79. The normalized spacial score (nSPS) is 16.4. The number of benzene rings is 1. The number of ether oxygens (including phenoxy) is 1. The fourth-order valence-electron chi connectivity index (χ4n) is 2.79. The SMILES string of the molecule is COc1cccc(NC(=O)N2CCN([C@@H](C)C(=O)NC(C)C)CC2)c1. The van der Waals surface area contributed by atoms with Crippen LogP contribution >= 0.6 is 0 Å². The van der Waals surface area contributed by atoms with Crippen LogP contribution in [0.4, 0.5) is 10.5 Å². The first kappa shape index (κ1) is 19.1. The molecule has 0 bridgehead atoms. The van der Waals surface area contributed by atoms with Crippen LogP contribution in [0.5, 0.6) is 5.75 Å². The van der Waals surface area contributed by atoms with E-state index in [0.717, 1.165) is 0 Å². The first-order valence-electron chi connectivity index (χ1n) is 8.65. The maximum Gasteiger partial charge on any atom is 0.321 e. The Bertz CT molecular complexity index is 598. The van der Waals surface area contributed by atoms with Crippen molar-refractivity contribution >= 4 is 17.6 Å². The fraction of sp³-hybridized carbons (Fsp3) is 0.556. The molecular weight excluding hydrogens is 320 g/mol. The Morgan fingerprint density at radius 1 is 1.12 bits per heavy atom. The summed E-state index contributed by atoms with van der Waals surface area (Å²) in [6, 6.07) is 7.09. The first-order valence-corrected chi connectivity index (χ1v) is 8.65. The number of amides is 3. The molecule has 0 unspecified atom stereocenters. The first-order chi connectivity index (χ1) is 11.9. The van der Waals surface area contributed by atoms with Gasteiger partial charge in [-0.2, -0.15) is 0 Å². The van der Waals surface area contributed by atoms with Crippen molar-refractivity contribution in [3.05, 3.63) is 24.3 Å². The van der Waals surface area contributed by atoms with E-state index >= 15 is 0 Å². The van der Waals surface area contributed by atoms with E-state index in [4.69, 9.17) is 4.74 Å². The van der Waals surface area contributed by atoms with Crippen LogP contribution in [0, 0.1) is 0 Å². The lowest BCUT2D eigenvalue weighted by Gasteiger charge is -2.37. The Morgan fingerprint density at radius 3 is 2.40 bits per heavy atom. The van der Waals surface area contributed by atoms with Crippen molar-refractivity contribution in [1.82, 2.24) is 15.1 Å². The van der Waals surface area contributed by atoms with Gasteiger partial charge in [-0.25, -0.2) is 4.79 Å². The number of nitrogens with zero attached hydrogens (tertiary/aromatic N) is 2. The van der Waals surface area contributed by atoms with E-state index in [2.05, 4.69) is 15.5 Å². The lowest BCUT2D eigenvalue weighted by atomic mass is 10.2. The van der Waals surface area contributed by atoms with Crippen LogP contribution in [0.1, 0.15) is 20.8 Å². The maximum absolute atomic E-state index is 12.4. The number of carbonyl (C=O) groups is 2. The summed E-state index contributed by atoms with van der Waals surface area (Å²) < 4.78 is 5.16. The number of anilines is 1. The molecule has 1 heterocycles. The highest BCUT2D eigenvalue weighted by molar-refractivity contribution is 5.89. The molecule has 1 aliphatic rings. The molecule has 1 aromatic rings. The van der Waals surface area contributed by atoms with Gasteiger partial charge in [0, 0.05) is 44.0 Å². The van der Waals surface area contributed by atoms with Gasteiger partial charge in [0.1, 0.15) is 5.75 Å². The molecule has 1 fully saturated rings. The van der Waals surface area contributed by atoms with Gasteiger partial charge in [0.05, 0.1) is 13.2 Å². The number of piperazine rings is 1. The summed E-state index contributed by atoms with van der Waals surface area (Å²) >= 11 is 0.